The van der Waals surface area contributed by atoms with Crippen LogP contribution in [0.4, 0.5) is 0 Å². The molecule has 1 amide bonds. The zero-order valence-corrected chi connectivity index (χ0v) is 22.9. The summed E-state index contributed by atoms with van der Waals surface area (Å²) >= 11 is 0. The van der Waals surface area contributed by atoms with E-state index >= 15 is 0 Å². The molecule has 0 spiro atoms. The van der Waals surface area contributed by atoms with Crippen LogP contribution < -0.4 is 19.6 Å². The summed E-state index contributed by atoms with van der Waals surface area (Å²) in [6.07, 6.45) is 1.46. The Morgan fingerprint density at radius 3 is 2.23 bits per heavy atom. The Hall–Kier alpha value is -4.67. The van der Waals surface area contributed by atoms with Gasteiger partial charge in [-0.15, -0.1) is 0 Å². The molecule has 0 aliphatic carbocycles. The molecule has 4 rings (SSSR count). The Morgan fingerprint density at radius 2 is 1.52 bits per heavy atom. The number of carbonyl (C=O) groups excluding carboxylic acids is 1. The Kier molecular flexibility index (Phi) is 9.50. The van der Waals surface area contributed by atoms with Crippen LogP contribution in [0, 0.1) is 0 Å². The lowest BCUT2D eigenvalue weighted by Crippen LogP contribution is -2.39. The van der Waals surface area contributed by atoms with Gasteiger partial charge in [0.15, 0.2) is 0 Å². The maximum Gasteiger partial charge on any atom is 0.255 e. The third-order valence-corrected chi connectivity index (χ3v) is 7.56. The number of hydrogen-bond acceptors (Lipinski definition) is 7. The zero-order chi connectivity index (χ0) is 28.4. The van der Waals surface area contributed by atoms with E-state index in [1.54, 1.807) is 48.5 Å². The second-order valence-corrected chi connectivity index (χ2v) is 10.5. The second kappa shape index (κ2) is 13.4. The topological polar surface area (TPSA) is 107 Å². The number of rotatable bonds is 12. The molecule has 4 aromatic rings. The number of nitrogens with zero attached hydrogens (tertiary/aromatic N) is 2. The van der Waals surface area contributed by atoms with Gasteiger partial charge < -0.3 is 14.2 Å². The molecule has 10 heteroatoms. The van der Waals surface area contributed by atoms with Gasteiger partial charge in [-0.3, -0.25) is 4.79 Å². The quantitative estimate of drug-likeness (QED) is 0.197. The highest BCUT2D eigenvalue weighted by Crippen LogP contribution is 2.31. The fraction of sp³-hybridized carbons (Fsp3) is 0.133. The van der Waals surface area contributed by atoms with Crippen molar-refractivity contribution in [3.05, 3.63) is 114 Å². The SMILES string of the molecule is COc1ccc(OC)c(S(=O)(=O)N(CC(=O)N/N=C/c2cccc(Oc3ccccc3)c2)Cc2ccccc2)c1. The lowest BCUT2D eigenvalue weighted by atomic mass is 10.2. The molecule has 4 aromatic carbocycles. The molecule has 0 atom stereocenters. The summed E-state index contributed by atoms with van der Waals surface area (Å²) in [6.45, 7) is -0.522. The fourth-order valence-electron chi connectivity index (χ4n) is 3.79. The number of amides is 1. The van der Waals surface area contributed by atoms with Crippen molar-refractivity contribution in [2.75, 3.05) is 20.8 Å². The molecule has 0 aromatic heterocycles. The molecular weight excluding hydrogens is 530 g/mol. The van der Waals surface area contributed by atoms with Crippen LogP contribution in [0.15, 0.2) is 113 Å². The highest BCUT2D eigenvalue weighted by Gasteiger charge is 2.30. The molecule has 0 radical (unpaired) electrons. The van der Waals surface area contributed by atoms with Gasteiger partial charge in [0.2, 0.25) is 10.0 Å². The Morgan fingerprint density at radius 1 is 0.825 bits per heavy atom. The number of ether oxygens (including phenoxy) is 3. The molecule has 0 saturated carbocycles. The minimum absolute atomic E-state index is 0.0421. The predicted octanol–water partition coefficient (Wildman–Crippen LogP) is 4.84. The maximum atomic E-state index is 13.8. The van der Waals surface area contributed by atoms with Crippen LogP contribution in [0.2, 0.25) is 0 Å². The average Bonchev–Trinajstić information content (AvgIpc) is 2.97. The van der Waals surface area contributed by atoms with Gasteiger partial charge in [0.1, 0.15) is 27.9 Å². The second-order valence-electron chi connectivity index (χ2n) is 8.56. The molecule has 0 saturated heterocycles. The Labute approximate surface area is 233 Å². The first-order valence-electron chi connectivity index (χ1n) is 12.3. The van der Waals surface area contributed by atoms with E-state index in [0.717, 1.165) is 4.31 Å². The van der Waals surface area contributed by atoms with E-state index in [-0.39, 0.29) is 17.2 Å². The van der Waals surface area contributed by atoms with E-state index in [1.807, 2.05) is 42.5 Å². The van der Waals surface area contributed by atoms with Gasteiger partial charge in [-0.2, -0.15) is 9.41 Å². The van der Waals surface area contributed by atoms with Crippen molar-refractivity contribution in [2.45, 2.75) is 11.4 Å². The molecule has 40 heavy (non-hydrogen) atoms. The van der Waals surface area contributed by atoms with Crippen molar-refractivity contribution in [1.29, 1.82) is 0 Å². The largest absolute Gasteiger partial charge is 0.497 e. The van der Waals surface area contributed by atoms with Crippen LogP contribution in [-0.2, 0) is 21.4 Å². The van der Waals surface area contributed by atoms with Crippen LogP contribution in [0.5, 0.6) is 23.0 Å². The normalized spacial score (nSPS) is 11.4. The van der Waals surface area contributed by atoms with E-state index in [1.165, 1.54) is 32.6 Å². The third-order valence-electron chi connectivity index (χ3n) is 5.75. The van der Waals surface area contributed by atoms with Crippen LogP contribution in [-0.4, -0.2) is 45.6 Å². The number of hydrazone groups is 1. The third kappa shape index (κ3) is 7.46. The molecule has 9 nitrogen and oxygen atoms in total. The van der Waals surface area contributed by atoms with Crippen molar-refractivity contribution in [3.63, 3.8) is 0 Å². The van der Waals surface area contributed by atoms with Crippen molar-refractivity contribution in [2.24, 2.45) is 5.10 Å². The van der Waals surface area contributed by atoms with E-state index in [9.17, 15) is 13.2 Å². The first-order valence-corrected chi connectivity index (χ1v) is 13.7. The molecule has 0 heterocycles. The van der Waals surface area contributed by atoms with Crippen molar-refractivity contribution in [3.8, 4) is 23.0 Å². The predicted molar refractivity (Wildman–Crippen MR) is 152 cm³/mol. The highest BCUT2D eigenvalue weighted by atomic mass is 32.2. The van der Waals surface area contributed by atoms with Crippen LogP contribution in [0.3, 0.4) is 0 Å². The summed E-state index contributed by atoms with van der Waals surface area (Å²) in [5, 5.41) is 4.02. The summed E-state index contributed by atoms with van der Waals surface area (Å²) in [5.74, 6) is 1.15. The number of carbonyl (C=O) groups is 1. The Balaban J connectivity index is 1.51. The smallest absolute Gasteiger partial charge is 0.255 e. The van der Waals surface area contributed by atoms with E-state index < -0.39 is 22.5 Å². The van der Waals surface area contributed by atoms with Gasteiger partial charge in [0, 0.05) is 12.6 Å². The van der Waals surface area contributed by atoms with Crippen LogP contribution in [0.1, 0.15) is 11.1 Å². The van der Waals surface area contributed by atoms with Gasteiger partial charge in [0.05, 0.1) is 27.0 Å². The number of hydrogen-bond donors (Lipinski definition) is 1. The first-order chi connectivity index (χ1) is 19.4. The Bertz CT molecular complexity index is 1560. The molecule has 0 bridgehead atoms. The van der Waals surface area contributed by atoms with Gasteiger partial charge in [-0.1, -0.05) is 60.7 Å². The van der Waals surface area contributed by atoms with Gasteiger partial charge in [0.25, 0.3) is 5.91 Å². The molecule has 0 aliphatic heterocycles. The lowest BCUT2D eigenvalue weighted by Gasteiger charge is -2.23. The molecule has 0 aliphatic rings. The summed E-state index contributed by atoms with van der Waals surface area (Å²) in [4.78, 5) is 12.8. The van der Waals surface area contributed by atoms with E-state index in [4.69, 9.17) is 14.2 Å². The van der Waals surface area contributed by atoms with Gasteiger partial charge >= 0.3 is 0 Å². The van der Waals surface area contributed by atoms with Gasteiger partial charge in [-0.25, -0.2) is 13.8 Å². The number of nitrogens with one attached hydrogen (secondary N) is 1. The first kappa shape index (κ1) is 28.3. The molecule has 206 valence electrons. The van der Waals surface area contributed by atoms with Crippen molar-refractivity contribution >= 4 is 22.1 Å². The standard InChI is InChI=1S/C30H29N3O6S/c1-37-26-16-17-28(38-2)29(19-26)40(35,36)33(21-23-10-5-3-6-11-23)22-30(34)32-31-20-24-12-9-15-27(18-24)39-25-13-7-4-8-14-25/h3-20H,21-22H2,1-2H3,(H,32,34)/b31-20+. The monoisotopic (exact) mass is 559 g/mol. The molecule has 0 fully saturated rings. The van der Waals surface area contributed by atoms with E-state index in [2.05, 4.69) is 10.5 Å². The van der Waals surface area contributed by atoms with Crippen molar-refractivity contribution < 1.29 is 27.4 Å². The fourth-order valence-corrected chi connectivity index (χ4v) is 5.35. The van der Waals surface area contributed by atoms with Crippen LogP contribution in [0.25, 0.3) is 0 Å². The number of benzene rings is 4. The summed E-state index contributed by atoms with van der Waals surface area (Å²) in [6, 6.07) is 30.0. The summed E-state index contributed by atoms with van der Waals surface area (Å²) < 4.78 is 44.9. The van der Waals surface area contributed by atoms with E-state index in [0.29, 0.717) is 28.4 Å². The zero-order valence-electron chi connectivity index (χ0n) is 22.1. The number of para-hydroxylation sites is 1. The highest BCUT2D eigenvalue weighted by molar-refractivity contribution is 7.89. The van der Waals surface area contributed by atoms with Gasteiger partial charge in [-0.05, 0) is 47.5 Å². The summed E-state index contributed by atoms with van der Waals surface area (Å²) in [7, 11) is -1.37. The van der Waals surface area contributed by atoms with Crippen LogP contribution >= 0.6 is 0 Å². The maximum absolute atomic E-state index is 13.8. The minimum Gasteiger partial charge on any atom is -0.497 e. The number of methoxy groups -OCH3 is 2. The lowest BCUT2D eigenvalue weighted by molar-refractivity contribution is -0.121. The molecule has 1 N–H and O–H groups in total. The number of sulfonamides is 1. The minimum atomic E-state index is -4.18. The average molecular weight is 560 g/mol. The molecule has 0 unspecified atom stereocenters. The summed E-state index contributed by atoms with van der Waals surface area (Å²) in [5.41, 5.74) is 3.81. The van der Waals surface area contributed by atoms with Crippen molar-refractivity contribution in [1.82, 2.24) is 9.73 Å². The molecular formula is C30H29N3O6S.